The predicted octanol–water partition coefficient (Wildman–Crippen LogP) is 3.19. The van der Waals surface area contributed by atoms with Gasteiger partial charge in [-0.25, -0.2) is 0 Å². The zero-order chi connectivity index (χ0) is 16.7. The van der Waals surface area contributed by atoms with E-state index >= 15 is 0 Å². The Morgan fingerprint density at radius 2 is 1.13 bits per heavy atom. The number of hydrogen-bond acceptors (Lipinski definition) is 6. The first-order valence-corrected chi connectivity index (χ1v) is 6.69. The summed E-state index contributed by atoms with van der Waals surface area (Å²) in [5.41, 5.74) is 0.830. The van der Waals surface area contributed by atoms with E-state index in [0.717, 1.165) is 0 Å². The summed E-state index contributed by atoms with van der Waals surface area (Å²) in [6.07, 6.45) is 0. The van der Waals surface area contributed by atoms with Crippen molar-refractivity contribution in [1.82, 2.24) is 0 Å². The molecule has 0 aliphatic heterocycles. The third kappa shape index (κ3) is 4.56. The van der Waals surface area contributed by atoms with Gasteiger partial charge in [0.15, 0.2) is 0 Å². The lowest BCUT2D eigenvalue weighted by Crippen LogP contribution is -2.04. The van der Waals surface area contributed by atoms with Gasteiger partial charge in [0.25, 0.3) is 11.4 Å². The van der Waals surface area contributed by atoms with Crippen LogP contribution in [0.5, 0.6) is 0 Å². The molecule has 120 valence electrons. The number of para-hydroxylation sites is 2. The molecule has 2 aromatic rings. The lowest BCUT2D eigenvalue weighted by atomic mass is 10.2. The molecule has 0 atom stereocenters. The van der Waals surface area contributed by atoms with E-state index in [1.165, 1.54) is 12.1 Å². The molecule has 2 aromatic carbocycles. The number of ether oxygens (including phenoxy) is 2. The van der Waals surface area contributed by atoms with Crippen molar-refractivity contribution >= 4 is 11.4 Å². The van der Waals surface area contributed by atoms with Crippen molar-refractivity contribution in [2.45, 2.75) is 13.2 Å². The summed E-state index contributed by atoms with van der Waals surface area (Å²) in [4.78, 5) is 20.7. The van der Waals surface area contributed by atoms with Gasteiger partial charge in [-0.3, -0.25) is 20.2 Å². The third-order valence-corrected chi connectivity index (χ3v) is 3.06. The van der Waals surface area contributed by atoms with E-state index in [4.69, 9.17) is 9.47 Å². The largest absolute Gasteiger partial charge is 0.350 e. The van der Waals surface area contributed by atoms with E-state index < -0.39 is 9.85 Å². The van der Waals surface area contributed by atoms with Gasteiger partial charge in [0.05, 0.1) is 34.2 Å². The van der Waals surface area contributed by atoms with Crippen LogP contribution >= 0.6 is 0 Å². The van der Waals surface area contributed by atoms with Crippen LogP contribution < -0.4 is 0 Å². The van der Waals surface area contributed by atoms with Crippen molar-refractivity contribution < 1.29 is 19.3 Å². The van der Waals surface area contributed by atoms with Crippen LogP contribution in [0.25, 0.3) is 0 Å². The van der Waals surface area contributed by atoms with Gasteiger partial charge in [-0.1, -0.05) is 24.3 Å². The summed E-state index contributed by atoms with van der Waals surface area (Å²) in [6, 6.07) is 12.5. The molecular formula is C15H14N2O6. The van der Waals surface area contributed by atoms with Crippen molar-refractivity contribution in [2.24, 2.45) is 0 Å². The van der Waals surface area contributed by atoms with Crippen molar-refractivity contribution in [3.05, 3.63) is 79.9 Å². The highest BCUT2D eigenvalue weighted by Gasteiger charge is 2.13. The topological polar surface area (TPSA) is 105 Å². The lowest BCUT2D eigenvalue weighted by Gasteiger charge is -2.07. The predicted molar refractivity (Wildman–Crippen MR) is 80.6 cm³/mol. The van der Waals surface area contributed by atoms with Crippen LogP contribution in [0.15, 0.2) is 48.5 Å². The molecule has 2 rings (SSSR count). The Bertz CT molecular complexity index is 644. The number of nitrogens with zero attached hydrogens (tertiary/aromatic N) is 2. The van der Waals surface area contributed by atoms with Gasteiger partial charge in [-0.2, -0.15) is 0 Å². The second-order valence-corrected chi connectivity index (χ2v) is 4.59. The average Bonchev–Trinajstić information content (AvgIpc) is 2.55. The van der Waals surface area contributed by atoms with Gasteiger partial charge < -0.3 is 9.47 Å². The minimum absolute atomic E-state index is 0.0219. The first-order chi connectivity index (χ1) is 11.1. The van der Waals surface area contributed by atoms with E-state index in [1.54, 1.807) is 36.4 Å². The second-order valence-electron chi connectivity index (χ2n) is 4.59. The van der Waals surface area contributed by atoms with Crippen molar-refractivity contribution in [3.8, 4) is 0 Å². The summed E-state index contributed by atoms with van der Waals surface area (Å²) < 4.78 is 10.5. The summed E-state index contributed by atoms with van der Waals surface area (Å²) in [5, 5.41) is 21.7. The molecule has 0 fully saturated rings. The van der Waals surface area contributed by atoms with Crippen LogP contribution in [0, 0.1) is 20.2 Å². The SMILES string of the molecule is O=[N+]([O-])c1ccccc1COCOCc1ccccc1[N+](=O)[O-]. The van der Waals surface area contributed by atoms with E-state index in [9.17, 15) is 20.2 Å². The molecule has 23 heavy (non-hydrogen) atoms. The molecule has 0 saturated carbocycles. The molecule has 0 heterocycles. The van der Waals surface area contributed by atoms with E-state index in [2.05, 4.69) is 0 Å². The van der Waals surface area contributed by atoms with E-state index in [1.807, 2.05) is 0 Å². The maximum Gasteiger partial charge on any atom is 0.274 e. The molecule has 8 nitrogen and oxygen atoms in total. The summed E-state index contributed by atoms with van der Waals surface area (Å²) in [5.74, 6) is 0. The van der Waals surface area contributed by atoms with Crippen molar-refractivity contribution in [2.75, 3.05) is 6.79 Å². The molecule has 8 heteroatoms. The molecule has 0 spiro atoms. The fourth-order valence-corrected chi connectivity index (χ4v) is 1.98. The van der Waals surface area contributed by atoms with Gasteiger partial charge in [-0.15, -0.1) is 0 Å². The minimum atomic E-state index is -0.479. The van der Waals surface area contributed by atoms with E-state index in [-0.39, 0.29) is 31.4 Å². The zero-order valence-electron chi connectivity index (χ0n) is 12.1. The van der Waals surface area contributed by atoms with Gasteiger partial charge >= 0.3 is 0 Å². The smallest absolute Gasteiger partial charge is 0.274 e. The zero-order valence-corrected chi connectivity index (χ0v) is 12.1. The number of benzene rings is 2. The maximum atomic E-state index is 10.9. The summed E-state index contributed by atoms with van der Waals surface area (Å²) in [7, 11) is 0. The van der Waals surface area contributed by atoms with E-state index in [0.29, 0.717) is 11.1 Å². The highest BCUT2D eigenvalue weighted by Crippen LogP contribution is 2.20. The Morgan fingerprint density at radius 1 is 0.739 bits per heavy atom. The summed E-state index contributed by atoms with van der Waals surface area (Å²) >= 11 is 0. The molecule has 0 aromatic heterocycles. The molecule has 0 N–H and O–H groups in total. The van der Waals surface area contributed by atoms with Crippen LogP contribution in [0.3, 0.4) is 0 Å². The minimum Gasteiger partial charge on any atom is -0.350 e. The quantitative estimate of drug-likeness (QED) is 0.320. The first kappa shape index (κ1) is 16.5. The Hall–Kier alpha value is -2.84. The standard InChI is InChI=1S/C15H14N2O6/c18-16(19)14-7-3-1-5-12(14)9-22-11-23-10-13-6-2-4-8-15(13)17(20)21/h1-8H,9-11H2. The molecule has 0 amide bonds. The van der Waals surface area contributed by atoms with Gasteiger partial charge in [0, 0.05) is 12.1 Å². The van der Waals surface area contributed by atoms with Crippen LogP contribution in [-0.2, 0) is 22.7 Å². The van der Waals surface area contributed by atoms with Crippen LogP contribution in [-0.4, -0.2) is 16.6 Å². The van der Waals surface area contributed by atoms with Crippen LogP contribution in [0.2, 0.25) is 0 Å². The maximum absolute atomic E-state index is 10.9. The van der Waals surface area contributed by atoms with Gasteiger partial charge in [0.1, 0.15) is 6.79 Å². The third-order valence-electron chi connectivity index (χ3n) is 3.06. The monoisotopic (exact) mass is 318 g/mol. The highest BCUT2D eigenvalue weighted by atomic mass is 16.7. The van der Waals surface area contributed by atoms with Gasteiger partial charge in [-0.05, 0) is 12.1 Å². The van der Waals surface area contributed by atoms with Crippen molar-refractivity contribution in [1.29, 1.82) is 0 Å². The Morgan fingerprint density at radius 3 is 1.52 bits per heavy atom. The number of nitro groups is 2. The molecular weight excluding hydrogens is 304 g/mol. The number of rotatable bonds is 8. The Labute approximate surface area is 131 Å². The Kier molecular flexibility index (Phi) is 5.73. The number of hydrogen-bond donors (Lipinski definition) is 0. The summed E-state index contributed by atoms with van der Waals surface area (Å²) in [6.45, 7) is -0.0832. The highest BCUT2D eigenvalue weighted by molar-refractivity contribution is 5.39. The van der Waals surface area contributed by atoms with Crippen LogP contribution in [0.1, 0.15) is 11.1 Å². The lowest BCUT2D eigenvalue weighted by molar-refractivity contribution is -0.386. The average molecular weight is 318 g/mol. The molecule has 0 saturated heterocycles. The normalized spacial score (nSPS) is 10.4. The first-order valence-electron chi connectivity index (χ1n) is 6.69. The van der Waals surface area contributed by atoms with Gasteiger partial charge in [0.2, 0.25) is 0 Å². The molecule has 0 aliphatic rings. The second kappa shape index (κ2) is 7.97. The Balaban J connectivity index is 1.83. The van der Waals surface area contributed by atoms with Crippen LogP contribution in [0.4, 0.5) is 11.4 Å². The fraction of sp³-hybridized carbons (Fsp3) is 0.200. The molecule has 0 radical (unpaired) electrons. The molecule has 0 unspecified atom stereocenters. The molecule has 0 aliphatic carbocycles. The number of nitro benzene ring substituents is 2. The van der Waals surface area contributed by atoms with Crippen molar-refractivity contribution in [3.63, 3.8) is 0 Å². The fourth-order valence-electron chi connectivity index (χ4n) is 1.98. The molecule has 0 bridgehead atoms.